The molecule has 0 saturated carbocycles. The molecule has 0 radical (unpaired) electrons. The van der Waals surface area contributed by atoms with E-state index in [4.69, 9.17) is 17.4 Å². The van der Waals surface area contributed by atoms with E-state index in [1.807, 2.05) is 0 Å². The molecule has 0 fully saturated rings. The van der Waals surface area contributed by atoms with Gasteiger partial charge in [-0.15, -0.1) is 0 Å². The molecule has 2 aromatic rings. The predicted molar refractivity (Wildman–Crippen MR) is 79.4 cm³/mol. The van der Waals surface area contributed by atoms with Gasteiger partial charge in [-0.3, -0.25) is 5.84 Å². The van der Waals surface area contributed by atoms with Gasteiger partial charge >= 0.3 is 0 Å². The van der Waals surface area contributed by atoms with Crippen LogP contribution in [0.5, 0.6) is 0 Å². The predicted octanol–water partition coefficient (Wildman–Crippen LogP) is 4.24. The van der Waals surface area contributed by atoms with E-state index in [9.17, 15) is 8.78 Å². The van der Waals surface area contributed by atoms with Gasteiger partial charge in [0.25, 0.3) is 0 Å². The summed E-state index contributed by atoms with van der Waals surface area (Å²) >= 11 is 9.26. The van der Waals surface area contributed by atoms with Gasteiger partial charge < -0.3 is 0 Å². The van der Waals surface area contributed by atoms with E-state index in [1.54, 1.807) is 25.1 Å². The smallest absolute Gasteiger partial charge is 0.134 e. The molecule has 106 valence electrons. The maximum atomic E-state index is 14.2. The van der Waals surface area contributed by atoms with Crippen LogP contribution >= 0.6 is 27.5 Å². The second-order valence-electron chi connectivity index (χ2n) is 4.39. The minimum absolute atomic E-state index is 0.123. The van der Waals surface area contributed by atoms with Gasteiger partial charge in [0.05, 0.1) is 6.04 Å². The summed E-state index contributed by atoms with van der Waals surface area (Å²) in [6.45, 7) is 1.57. The van der Waals surface area contributed by atoms with Crippen LogP contribution in [0.4, 0.5) is 8.78 Å². The van der Waals surface area contributed by atoms with Gasteiger partial charge in [-0.1, -0.05) is 33.6 Å². The first kappa shape index (κ1) is 15.4. The van der Waals surface area contributed by atoms with Crippen LogP contribution in [0.25, 0.3) is 0 Å². The standard InChI is InChI=1S/C14H12BrClF2N2/c1-7-2-3-11(17)12(13(7)18)14(20-19)8-4-9(15)6-10(16)5-8/h2-6,14,20H,19H2,1H3. The minimum Gasteiger partial charge on any atom is -0.271 e. The molecule has 0 spiro atoms. The molecule has 20 heavy (non-hydrogen) atoms. The third-order valence-electron chi connectivity index (χ3n) is 2.99. The summed E-state index contributed by atoms with van der Waals surface area (Å²) in [7, 11) is 0. The maximum Gasteiger partial charge on any atom is 0.134 e. The highest BCUT2D eigenvalue weighted by atomic mass is 79.9. The fourth-order valence-electron chi connectivity index (χ4n) is 2.03. The molecule has 6 heteroatoms. The van der Waals surface area contributed by atoms with Crippen molar-refractivity contribution in [3.05, 3.63) is 68.2 Å². The lowest BCUT2D eigenvalue weighted by Gasteiger charge is -2.19. The van der Waals surface area contributed by atoms with E-state index in [0.717, 1.165) is 0 Å². The van der Waals surface area contributed by atoms with Crippen LogP contribution < -0.4 is 11.3 Å². The molecule has 0 aromatic heterocycles. The lowest BCUT2D eigenvalue weighted by atomic mass is 9.96. The van der Waals surface area contributed by atoms with Crippen LogP contribution in [-0.2, 0) is 0 Å². The summed E-state index contributed by atoms with van der Waals surface area (Å²) < 4.78 is 28.9. The van der Waals surface area contributed by atoms with Crippen molar-refractivity contribution in [1.82, 2.24) is 5.43 Å². The first-order valence-electron chi connectivity index (χ1n) is 5.80. The number of aryl methyl sites for hydroxylation is 1. The Kier molecular flexibility index (Phi) is 4.75. The van der Waals surface area contributed by atoms with E-state index in [-0.39, 0.29) is 5.56 Å². The topological polar surface area (TPSA) is 38.0 Å². The molecule has 0 amide bonds. The number of halogens is 4. The second-order valence-corrected chi connectivity index (χ2v) is 5.75. The molecule has 1 unspecified atom stereocenters. The number of nitrogens with one attached hydrogen (secondary N) is 1. The van der Waals surface area contributed by atoms with E-state index >= 15 is 0 Å². The van der Waals surface area contributed by atoms with Crippen LogP contribution in [-0.4, -0.2) is 0 Å². The van der Waals surface area contributed by atoms with Crippen molar-refractivity contribution in [2.45, 2.75) is 13.0 Å². The molecule has 0 aliphatic heterocycles. The van der Waals surface area contributed by atoms with Crippen molar-refractivity contribution in [2.75, 3.05) is 0 Å². The van der Waals surface area contributed by atoms with E-state index in [0.29, 0.717) is 20.6 Å². The zero-order valence-corrected chi connectivity index (χ0v) is 12.9. The fourth-order valence-corrected chi connectivity index (χ4v) is 2.92. The second kappa shape index (κ2) is 6.18. The molecule has 0 aliphatic rings. The van der Waals surface area contributed by atoms with E-state index < -0.39 is 17.7 Å². The van der Waals surface area contributed by atoms with Crippen molar-refractivity contribution < 1.29 is 8.78 Å². The SMILES string of the molecule is Cc1ccc(F)c(C(NN)c2cc(Cl)cc(Br)c2)c1F. The summed E-state index contributed by atoms with van der Waals surface area (Å²) in [6, 6.07) is 6.77. The number of hydrogen-bond acceptors (Lipinski definition) is 2. The molecule has 3 N–H and O–H groups in total. The largest absolute Gasteiger partial charge is 0.271 e. The molecule has 1 atom stereocenters. The van der Waals surface area contributed by atoms with Crippen LogP contribution in [0, 0.1) is 18.6 Å². The van der Waals surface area contributed by atoms with Crippen molar-refractivity contribution in [3.63, 3.8) is 0 Å². The lowest BCUT2D eigenvalue weighted by molar-refractivity contribution is 0.506. The highest BCUT2D eigenvalue weighted by Crippen LogP contribution is 2.31. The molecular formula is C14H12BrClF2N2. The molecule has 2 aromatic carbocycles. The Morgan fingerprint density at radius 3 is 2.55 bits per heavy atom. The van der Waals surface area contributed by atoms with E-state index in [2.05, 4.69) is 21.4 Å². The first-order chi connectivity index (χ1) is 9.43. The van der Waals surface area contributed by atoms with Gasteiger partial charge in [-0.05, 0) is 42.3 Å². The zero-order valence-electron chi connectivity index (χ0n) is 10.6. The highest BCUT2D eigenvalue weighted by Gasteiger charge is 2.22. The molecule has 0 aliphatic carbocycles. The first-order valence-corrected chi connectivity index (χ1v) is 6.97. The van der Waals surface area contributed by atoms with E-state index in [1.165, 1.54) is 12.1 Å². The van der Waals surface area contributed by atoms with Gasteiger partial charge in [0.15, 0.2) is 0 Å². The number of benzene rings is 2. The zero-order chi connectivity index (χ0) is 14.9. The van der Waals surface area contributed by atoms with Crippen molar-refractivity contribution >= 4 is 27.5 Å². The van der Waals surface area contributed by atoms with Gasteiger partial charge in [0, 0.05) is 15.1 Å². The summed E-state index contributed by atoms with van der Waals surface area (Å²) in [5.74, 6) is 4.20. The number of nitrogens with two attached hydrogens (primary N) is 1. The van der Waals surface area contributed by atoms with Crippen LogP contribution in [0.15, 0.2) is 34.8 Å². The Morgan fingerprint density at radius 2 is 1.95 bits per heavy atom. The lowest BCUT2D eigenvalue weighted by Crippen LogP contribution is -2.30. The number of rotatable bonds is 3. The number of hydrazine groups is 1. The Bertz CT molecular complexity index is 629. The Hall–Kier alpha value is -1.01. The van der Waals surface area contributed by atoms with Gasteiger partial charge in [0.1, 0.15) is 11.6 Å². The average Bonchev–Trinajstić information content (AvgIpc) is 2.38. The summed E-state index contributed by atoms with van der Waals surface area (Å²) in [6.07, 6.45) is 0. The Balaban J connectivity index is 2.61. The molecule has 0 bridgehead atoms. The fraction of sp³-hybridized carbons (Fsp3) is 0.143. The van der Waals surface area contributed by atoms with Gasteiger partial charge in [0.2, 0.25) is 0 Å². The van der Waals surface area contributed by atoms with Crippen LogP contribution in [0.2, 0.25) is 5.02 Å². The molecule has 0 heterocycles. The third-order valence-corrected chi connectivity index (χ3v) is 3.67. The molecule has 0 saturated heterocycles. The maximum absolute atomic E-state index is 14.2. The summed E-state index contributed by atoms with van der Waals surface area (Å²) in [5, 5.41) is 0.447. The number of hydrogen-bond donors (Lipinski definition) is 2. The summed E-state index contributed by atoms with van der Waals surface area (Å²) in [5.41, 5.74) is 3.23. The van der Waals surface area contributed by atoms with Crippen molar-refractivity contribution in [2.24, 2.45) is 5.84 Å². The normalized spacial score (nSPS) is 12.5. The van der Waals surface area contributed by atoms with Crippen LogP contribution in [0.1, 0.15) is 22.7 Å². The van der Waals surface area contributed by atoms with Crippen molar-refractivity contribution in [1.29, 1.82) is 0 Å². The van der Waals surface area contributed by atoms with Gasteiger partial charge in [-0.25, -0.2) is 14.2 Å². The van der Waals surface area contributed by atoms with Crippen LogP contribution in [0.3, 0.4) is 0 Å². The van der Waals surface area contributed by atoms with Crippen molar-refractivity contribution in [3.8, 4) is 0 Å². The van der Waals surface area contributed by atoms with Gasteiger partial charge in [-0.2, -0.15) is 0 Å². The molecule has 2 rings (SSSR count). The molecule has 2 nitrogen and oxygen atoms in total. The monoisotopic (exact) mass is 360 g/mol. The Labute approximate surface area is 129 Å². The summed E-state index contributed by atoms with van der Waals surface area (Å²) in [4.78, 5) is 0. The molecular weight excluding hydrogens is 350 g/mol. The Morgan fingerprint density at radius 1 is 1.25 bits per heavy atom. The quantitative estimate of drug-likeness (QED) is 0.634. The third kappa shape index (κ3) is 3.01. The average molecular weight is 362 g/mol. The highest BCUT2D eigenvalue weighted by molar-refractivity contribution is 9.10. The minimum atomic E-state index is -0.829.